The second-order valence-electron chi connectivity index (χ2n) is 8.39. The molecule has 0 spiro atoms. The van der Waals surface area contributed by atoms with Gasteiger partial charge in [0.2, 0.25) is 6.71 Å². The molecule has 3 aromatic carbocycles. The van der Waals surface area contributed by atoms with Gasteiger partial charge in [-0.25, -0.2) is 0 Å². The zero-order valence-electron chi connectivity index (χ0n) is 16.3. The van der Waals surface area contributed by atoms with Crippen molar-refractivity contribution >= 4 is 23.1 Å². The SMILES string of the molecule is Cc1cc2c3c(c1)CCc1ccccc1B3c1ccccc1CCCCC2. The van der Waals surface area contributed by atoms with Crippen molar-refractivity contribution in [3.05, 3.63) is 88.5 Å². The Morgan fingerprint density at radius 3 is 1.81 bits per heavy atom. The molecule has 0 aliphatic carbocycles. The molecule has 0 fully saturated rings. The van der Waals surface area contributed by atoms with E-state index in [9.17, 15) is 0 Å². The third-order valence-electron chi connectivity index (χ3n) is 6.57. The Kier molecular flexibility index (Phi) is 4.40. The molecule has 0 saturated carbocycles. The molecule has 0 aromatic heterocycles. The van der Waals surface area contributed by atoms with Crippen molar-refractivity contribution in [2.45, 2.75) is 51.9 Å². The van der Waals surface area contributed by atoms with Crippen molar-refractivity contribution in [2.24, 2.45) is 0 Å². The topological polar surface area (TPSA) is 0 Å². The normalized spacial score (nSPS) is 16.0. The van der Waals surface area contributed by atoms with Crippen molar-refractivity contribution in [3.63, 3.8) is 0 Å². The van der Waals surface area contributed by atoms with Crippen LogP contribution >= 0.6 is 0 Å². The first-order chi connectivity index (χ1) is 13.3. The van der Waals surface area contributed by atoms with Gasteiger partial charge in [-0.15, -0.1) is 0 Å². The van der Waals surface area contributed by atoms with E-state index in [0.29, 0.717) is 6.71 Å². The molecular weight excluding hydrogens is 323 g/mol. The average Bonchev–Trinajstić information content (AvgIpc) is 2.85. The van der Waals surface area contributed by atoms with Crippen LogP contribution in [0, 0.1) is 6.92 Å². The smallest absolute Gasteiger partial charge is 0.0667 e. The summed E-state index contributed by atoms with van der Waals surface area (Å²) in [6, 6.07) is 23.4. The minimum atomic E-state index is 0.392. The molecule has 2 aliphatic heterocycles. The molecular formula is C26H27B. The van der Waals surface area contributed by atoms with Gasteiger partial charge in [-0.2, -0.15) is 0 Å². The number of hydrogen-bond acceptors (Lipinski definition) is 0. The van der Waals surface area contributed by atoms with Crippen LogP contribution < -0.4 is 16.4 Å². The molecule has 5 rings (SSSR count). The second-order valence-corrected chi connectivity index (χ2v) is 8.39. The molecule has 2 aliphatic rings. The number of rotatable bonds is 0. The molecule has 0 amide bonds. The van der Waals surface area contributed by atoms with E-state index < -0.39 is 0 Å². The van der Waals surface area contributed by atoms with Crippen LogP contribution in [0.25, 0.3) is 0 Å². The fourth-order valence-electron chi connectivity index (χ4n) is 5.38. The van der Waals surface area contributed by atoms with Gasteiger partial charge in [0.1, 0.15) is 0 Å². The zero-order chi connectivity index (χ0) is 18.2. The summed E-state index contributed by atoms with van der Waals surface area (Å²) in [5.41, 5.74) is 12.4. The number of hydrogen-bond donors (Lipinski definition) is 0. The van der Waals surface area contributed by atoms with Crippen LogP contribution in [-0.2, 0) is 25.7 Å². The third kappa shape index (κ3) is 3.04. The molecule has 3 aromatic rings. The van der Waals surface area contributed by atoms with Crippen molar-refractivity contribution in [1.82, 2.24) is 0 Å². The predicted octanol–water partition coefficient (Wildman–Crippen LogP) is 3.88. The molecule has 0 unspecified atom stereocenters. The monoisotopic (exact) mass is 350 g/mol. The zero-order valence-corrected chi connectivity index (χ0v) is 16.3. The van der Waals surface area contributed by atoms with Crippen LogP contribution in [-0.4, -0.2) is 6.71 Å². The fourth-order valence-corrected chi connectivity index (χ4v) is 5.38. The van der Waals surface area contributed by atoms with Gasteiger partial charge in [0.25, 0.3) is 0 Å². The maximum Gasteiger partial charge on any atom is 0.242 e. The Labute approximate surface area is 163 Å². The Morgan fingerprint density at radius 2 is 1.11 bits per heavy atom. The first-order valence-electron chi connectivity index (χ1n) is 10.6. The molecule has 0 N–H and O–H groups in total. The van der Waals surface area contributed by atoms with E-state index in [2.05, 4.69) is 67.6 Å². The van der Waals surface area contributed by atoms with Gasteiger partial charge in [-0.3, -0.25) is 0 Å². The van der Waals surface area contributed by atoms with E-state index in [-0.39, 0.29) is 0 Å². The maximum atomic E-state index is 2.48. The molecule has 0 bridgehead atoms. The predicted molar refractivity (Wildman–Crippen MR) is 117 cm³/mol. The molecule has 0 saturated heterocycles. The third-order valence-corrected chi connectivity index (χ3v) is 6.57. The summed E-state index contributed by atoms with van der Waals surface area (Å²) in [6.45, 7) is 2.67. The van der Waals surface area contributed by atoms with E-state index in [0.717, 1.165) is 6.42 Å². The largest absolute Gasteiger partial charge is 0.242 e. The maximum absolute atomic E-state index is 2.48. The summed E-state index contributed by atoms with van der Waals surface area (Å²) >= 11 is 0. The van der Waals surface area contributed by atoms with Crippen LogP contribution in [0.4, 0.5) is 0 Å². The van der Waals surface area contributed by atoms with Crippen LogP contribution in [0.15, 0.2) is 60.7 Å². The molecule has 27 heavy (non-hydrogen) atoms. The van der Waals surface area contributed by atoms with Gasteiger partial charge in [0.05, 0.1) is 0 Å². The van der Waals surface area contributed by atoms with Gasteiger partial charge < -0.3 is 0 Å². The molecule has 2 heterocycles. The van der Waals surface area contributed by atoms with E-state index in [4.69, 9.17) is 0 Å². The van der Waals surface area contributed by atoms with Crippen LogP contribution in [0.5, 0.6) is 0 Å². The van der Waals surface area contributed by atoms with Crippen LogP contribution in [0.2, 0.25) is 0 Å². The van der Waals surface area contributed by atoms with E-state index in [1.807, 2.05) is 0 Å². The highest BCUT2D eigenvalue weighted by Gasteiger charge is 2.32. The average molecular weight is 350 g/mol. The summed E-state index contributed by atoms with van der Waals surface area (Å²) < 4.78 is 0. The van der Waals surface area contributed by atoms with Gasteiger partial charge >= 0.3 is 0 Å². The van der Waals surface area contributed by atoms with E-state index >= 15 is 0 Å². The molecule has 0 radical (unpaired) electrons. The summed E-state index contributed by atoms with van der Waals surface area (Å²) in [5, 5.41) is 0. The standard InChI is InChI=1S/C26H27B/c1-19-17-22-12-4-2-3-9-20-10-5-7-13-24(20)27-25-14-8-6-11-21(25)15-16-23(18-19)26(22)27/h5-8,10-11,13-14,17-18H,2-4,9,12,15-16H2,1H3. The lowest BCUT2D eigenvalue weighted by atomic mass is 9.34. The minimum Gasteiger partial charge on any atom is -0.0667 e. The first-order valence-corrected chi connectivity index (χ1v) is 10.6. The van der Waals surface area contributed by atoms with Crippen molar-refractivity contribution in [1.29, 1.82) is 0 Å². The molecule has 1 heteroatoms. The lowest BCUT2D eigenvalue weighted by Crippen LogP contribution is -2.55. The van der Waals surface area contributed by atoms with Crippen molar-refractivity contribution in [3.8, 4) is 0 Å². The fraction of sp³-hybridized carbons (Fsp3) is 0.308. The van der Waals surface area contributed by atoms with Crippen LogP contribution in [0.3, 0.4) is 0 Å². The Morgan fingerprint density at radius 1 is 0.593 bits per heavy atom. The molecule has 0 atom stereocenters. The summed E-state index contributed by atoms with van der Waals surface area (Å²) in [7, 11) is 0. The number of benzene rings is 3. The Balaban J connectivity index is 1.85. The highest BCUT2D eigenvalue weighted by atomic mass is 14.2. The molecule has 134 valence electrons. The second kappa shape index (κ2) is 7.04. The van der Waals surface area contributed by atoms with Gasteiger partial charge in [0, 0.05) is 0 Å². The highest BCUT2D eigenvalue weighted by molar-refractivity contribution is 6.96. The van der Waals surface area contributed by atoms with E-state index in [1.54, 1.807) is 27.6 Å². The number of fused-ring (bicyclic) bond motifs is 4. The van der Waals surface area contributed by atoms with Gasteiger partial charge in [-0.1, -0.05) is 111 Å². The summed E-state index contributed by atoms with van der Waals surface area (Å²) in [4.78, 5) is 0. The minimum absolute atomic E-state index is 0.392. The van der Waals surface area contributed by atoms with Gasteiger partial charge in [0.15, 0.2) is 0 Å². The quantitative estimate of drug-likeness (QED) is 0.540. The van der Waals surface area contributed by atoms with Crippen molar-refractivity contribution in [2.75, 3.05) is 0 Å². The molecule has 0 nitrogen and oxygen atoms in total. The Hall–Kier alpha value is -2.28. The highest BCUT2D eigenvalue weighted by Crippen LogP contribution is 2.20. The summed E-state index contributed by atoms with van der Waals surface area (Å²) in [5.74, 6) is 0. The van der Waals surface area contributed by atoms with Gasteiger partial charge in [-0.05, 0) is 45.4 Å². The van der Waals surface area contributed by atoms with Crippen LogP contribution in [0.1, 0.15) is 47.1 Å². The first kappa shape index (κ1) is 16.9. The number of aryl methyl sites for hydroxylation is 5. The summed E-state index contributed by atoms with van der Waals surface area (Å²) in [6.07, 6.45) is 8.71. The Bertz CT molecular complexity index is 985. The van der Waals surface area contributed by atoms with Crippen molar-refractivity contribution < 1.29 is 0 Å². The van der Waals surface area contributed by atoms with E-state index in [1.165, 1.54) is 55.1 Å². The lowest BCUT2D eigenvalue weighted by Gasteiger charge is -2.25. The lowest BCUT2D eigenvalue weighted by molar-refractivity contribution is 0.679.